The van der Waals surface area contributed by atoms with Gasteiger partial charge in [-0.05, 0) is 32.4 Å². The summed E-state index contributed by atoms with van der Waals surface area (Å²) in [7, 11) is 0. The van der Waals surface area contributed by atoms with Crippen LogP contribution in [0.4, 0.5) is 5.69 Å². The Balaban J connectivity index is 2.06. The topological polar surface area (TPSA) is 18.5 Å². The van der Waals surface area contributed by atoms with E-state index in [1.807, 2.05) is 0 Å². The van der Waals surface area contributed by atoms with Crippen molar-refractivity contribution in [1.29, 1.82) is 0 Å². The largest absolute Gasteiger partial charge is 0.370 e. The summed E-state index contributed by atoms with van der Waals surface area (Å²) in [6.07, 6.45) is 2.50. The minimum absolute atomic E-state index is 0.214. The third kappa shape index (κ3) is 4.72. The highest BCUT2D eigenvalue weighted by atomic mass is 15.3. The van der Waals surface area contributed by atoms with Crippen molar-refractivity contribution in [3.63, 3.8) is 0 Å². The molecule has 0 spiro atoms. The van der Waals surface area contributed by atoms with E-state index in [-0.39, 0.29) is 5.54 Å². The number of rotatable bonds is 7. The maximum Gasteiger partial charge on any atom is 0.0366 e. The third-order valence-corrected chi connectivity index (χ3v) is 4.45. The van der Waals surface area contributed by atoms with Crippen LogP contribution in [-0.2, 0) is 0 Å². The van der Waals surface area contributed by atoms with Crippen LogP contribution in [-0.4, -0.2) is 49.7 Å². The fourth-order valence-electron chi connectivity index (χ4n) is 3.12. The third-order valence-electron chi connectivity index (χ3n) is 4.45. The van der Waals surface area contributed by atoms with Gasteiger partial charge in [0, 0.05) is 50.5 Å². The van der Waals surface area contributed by atoms with Crippen LogP contribution in [0.3, 0.4) is 0 Å². The second-order valence-electron chi connectivity index (χ2n) is 6.66. The van der Waals surface area contributed by atoms with Crippen LogP contribution in [0.1, 0.15) is 33.6 Å². The molecule has 0 atom stereocenters. The second-order valence-corrected chi connectivity index (χ2v) is 6.66. The van der Waals surface area contributed by atoms with Gasteiger partial charge in [-0.1, -0.05) is 31.5 Å². The SMILES string of the molecule is CCCCN(CC(C)(C)N1CCNCC1)c1ccccc1. The molecule has 0 amide bonds. The zero-order valence-corrected chi connectivity index (χ0v) is 13.9. The summed E-state index contributed by atoms with van der Waals surface area (Å²) < 4.78 is 0. The van der Waals surface area contributed by atoms with E-state index in [1.165, 1.54) is 18.5 Å². The van der Waals surface area contributed by atoms with E-state index >= 15 is 0 Å². The molecule has 0 saturated carbocycles. The summed E-state index contributed by atoms with van der Waals surface area (Å²) in [5.74, 6) is 0. The van der Waals surface area contributed by atoms with Crippen molar-refractivity contribution in [3.8, 4) is 0 Å². The Hall–Kier alpha value is -1.06. The van der Waals surface area contributed by atoms with E-state index in [9.17, 15) is 0 Å². The first kappa shape index (κ1) is 16.3. The van der Waals surface area contributed by atoms with Crippen LogP contribution >= 0.6 is 0 Å². The molecule has 3 heteroatoms. The highest BCUT2D eigenvalue weighted by Gasteiger charge is 2.29. The van der Waals surface area contributed by atoms with Crippen LogP contribution in [0.5, 0.6) is 0 Å². The highest BCUT2D eigenvalue weighted by Crippen LogP contribution is 2.22. The van der Waals surface area contributed by atoms with Crippen molar-refractivity contribution in [1.82, 2.24) is 10.2 Å². The first-order valence-corrected chi connectivity index (χ1v) is 8.39. The smallest absolute Gasteiger partial charge is 0.0366 e. The number of hydrogen-bond acceptors (Lipinski definition) is 3. The Morgan fingerprint density at radius 2 is 1.81 bits per heavy atom. The zero-order chi connectivity index (χ0) is 15.1. The van der Waals surface area contributed by atoms with E-state index in [0.29, 0.717) is 0 Å². The lowest BCUT2D eigenvalue weighted by Crippen LogP contribution is -2.57. The molecule has 1 aromatic rings. The van der Waals surface area contributed by atoms with Crippen molar-refractivity contribution in [2.24, 2.45) is 0 Å². The first-order chi connectivity index (χ1) is 10.1. The predicted molar refractivity (Wildman–Crippen MR) is 92.1 cm³/mol. The molecule has 1 fully saturated rings. The average Bonchev–Trinajstić information content (AvgIpc) is 2.53. The lowest BCUT2D eigenvalue weighted by molar-refractivity contribution is 0.108. The molecule has 0 bridgehead atoms. The molecule has 1 saturated heterocycles. The minimum atomic E-state index is 0.214. The van der Waals surface area contributed by atoms with E-state index < -0.39 is 0 Å². The molecule has 0 aliphatic carbocycles. The van der Waals surface area contributed by atoms with Gasteiger partial charge in [-0.2, -0.15) is 0 Å². The van der Waals surface area contributed by atoms with Crippen molar-refractivity contribution >= 4 is 5.69 Å². The van der Waals surface area contributed by atoms with Gasteiger partial charge in [0.25, 0.3) is 0 Å². The van der Waals surface area contributed by atoms with Crippen molar-refractivity contribution < 1.29 is 0 Å². The van der Waals surface area contributed by atoms with Crippen molar-refractivity contribution in [3.05, 3.63) is 30.3 Å². The van der Waals surface area contributed by atoms with Gasteiger partial charge in [0.1, 0.15) is 0 Å². The molecule has 1 aromatic carbocycles. The van der Waals surface area contributed by atoms with Crippen LogP contribution in [0, 0.1) is 0 Å². The summed E-state index contributed by atoms with van der Waals surface area (Å²) in [5, 5.41) is 3.45. The van der Waals surface area contributed by atoms with Crippen molar-refractivity contribution in [2.75, 3.05) is 44.2 Å². The number of unbranched alkanes of at least 4 members (excludes halogenated alkanes) is 1. The normalized spacial score (nSPS) is 16.9. The number of piperazine rings is 1. The molecule has 1 aliphatic heterocycles. The Morgan fingerprint density at radius 1 is 1.14 bits per heavy atom. The van der Waals surface area contributed by atoms with Gasteiger partial charge in [-0.25, -0.2) is 0 Å². The van der Waals surface area contributed by atoms with Gasteiger partial charge >= 0.3 is 0 Å². The van der Waals surface area contributed by atoms with Crippen LogP contribution in [0.2, 0.25) is 0 Å². The maximum atomic E-state index is 3.45. The van der Waals surface area contributed by atoms with Crippen molar-refractivity contribution in [2.45, 2.75) is 39.2 Å². The van der Waals surface area contributed by atoms with Gasteiger partial charge in [0.15, 0.2) is 0 Å². The van der Waals surface area contributed by atoms with Crippen LogP contribution < -0.4 is 10.2 Å². The van der Waals surface area contributed by atoms with Gasteiger partial charge in [-0.15, -0.1) is 0 Å². The summed E-state index contributed by atoms with van der Waals surface area (Å²) in [5.41, 5.74) is 1.57. The van der Waals surface area contributed by atoms with E-state index in [4.69, 9.17) is 0 Å². The zero-order valence-electron chi connectivity index (χ0n) is 13.9. The molecule has 3 nitrogen and oxygen atoms in total. The molecular weight excluding hydrogens is 258 g/mol. The van der Waals surface area contributed by atoms with Crippen LogP contribution in [0.15, 0.2) is 30.3 Å². The Labute approximate surface area is 130 Å². The maximum absolute atomic E-state index is 3.45. The number of benzene rings is 1. The average molecular weight is 289 g/mol. The minimum Gasteiger partial charge on any atom is -0.370 e. The van der Waals surface area contributed by atoms with E-state index in [0.717, 1.165) is 39.3 Å². The Morgan fingerprint density at radius 3 is 2.43 bits per heavy atom. The molecule has 1 heterocycles. The number of anilines is 1. The molecule has 1 aliphatic rings. The fourth-order valence-corrected chi connectivity index (χ4v) is 3.12. The summed E-state index contributed by atoms with van der Waals surface area (Å²) in [4.78, 5) is 5.19. The summed E-state index contributed by atoms with van der Waals surface area (Å²) in [6.45, 7) is 13.8. The number of nitrogens with one attached hydrogen (secondary N) is 1. The number of hydrogen-bond donors (Lipinski definition) is 1. The monoisotopic (exact) mass is 289 g/mol. The molecular formula is C18H31N3. The predicted octanol–water partition coefficient (Wildman–Crippen LogP) is 2.98. The fraction of sp³-hybridized carbons (Fsp3) is 0.667. The van der Waals surface area contributed by atoms with E-state index in [1.54, 1.807) is 0 Å². The summed E-state index contributed by atoms with van der Waals surface area (Å²) in [6, 6.07) is 10.9. The second kappa shape index (κ2) is 7.81. The lowest BCUT2D eigenvalue weighted by atomic mass is 10.00. The molecule has 1 N–H and O–H groups in total. The standard InChI is InChI=1S/C18H31N3/c1-4-5-13-20(17-9-7-6-8-10-17)16-18(2,3)21-14-11-19-12-15-21/h6-10,19H,4-5,11-16H2,1-3H3. The molecule has 0 unspecified atom stereocenters. The highest BCUT2D eigenvalue weighted by molar-refractivity contribution is 5.46. The molecule has 0 aromatic heterocycles. The molecule has 21 heavy (non-hydrogen) atoms. The summed E-state index contributed by atoms with van der Waals surface area (Å²) >= 11 is 0. The Bertz CT molecular complexity index is 396. The van der Waals surface area contributed by atoms with Crippen LogP contribution in [0.25, 0.3) is 0 Å². The molecule has 2 rings (SSSR count). The molecule has 118 valence electrons. The van der Waals surface area contributed by atoms with Gasteiger partial charge in [-0.3, -0.25) is 4.90 Å². The molecule has 0 radical (unpaired) electrons. The number of nitrogens with zero attached hydrogens (tertiary/aromatic N) is 2. The van der Waals surface area contributed by atoms with Gasteiger partial charge < -0.3 is 10.2 Å². The first-order valence-electron chi connectivity index (χ1n) is 8.39. The van der Waals surface area contributed by atoms with Gasteiger partial charge in [0.05, 0.1) is 0 Å². The van der Waals surface area contributed by atoms with E-state index in [2.05, 4.69) is 66.2 Å². The Kier molecular flexibility index (Phi) is 6.07. The lowest BCUT2D eigenvalue weighted by Gasteiger charge is -2.44. The number of para-hydroxylation sites is 1. The van der Waals surface area contributed by atoms with Gasteiger partial charge in [0.2, 0.25) is 0 Å². The quantitative estimate of drug-likeness (QED) is 0.832.